The Kier molecular flexibility index (Phi) is 14.1. The van der Waals surface area contributed by atoms with Crippen LogP contribution in [0, 0.1) is 0 Å². The number of aromatic nitrogens is 4. The van der Waals surface area contributed by atoms with Gasteiger partial charge in [0.05, 0.1) is 33.3 Å². The zero-order chi connectivity index (χ0) is 31.1. The molecule has 2 heterocycles. The van der Waals surface area contributed by atoms with Gasteiger partial charge in [0.15, 0.2) is 5.65 Å². The number of hydrogen-bond acceptors (Lipinski definition) is 16. The van der Waals surface area contributed by atoms with Gasteiger partial charge in [-0.15, -0.1) is 0 Å². The Balaban J connectivity index is 1.71. The van der Waals surface area contributed by atoms with Crippen molar-refractivity contribution in [2.24, 2.45) is 0 Å². The van der Waals surface area contributed by atoms with Crippen LogP contribution in [0.4, 0.5) is 5.95 Å². The van der Waals surface area contributed by atoms with Crippen molar-refractivity contribution in [2.75, 3.05) is 39.0 Å². The van der Waals surface area contributed by atoms with Crippen LogP contribution < -0.4 is 10.5 Å². The largest absolute Gasteiger partial charge is 0.497 e. The Hall–Kier alpha value is -3.31. The molecular formula is C25H34N5O11PS. The van der Waals surface area contributed by atoms with Gasteiger partial charge >= 0.3 is 20.5 Å². The maximum absolute atomic E-state index is 13.6. The van der Waals surface area contributed by atoms with E-state index < -0.39 is 26.9 Å². The van der Waals surface area contributed by atoms with Crippen LogP contribution in [0.5, 0.6) is 5.75 Å². The lowest BCUT2D eigenvalue weighted by Gasteiger charge is -2.25. The number of nitrogens with zero attached hydrogens (tertiary/aromatic N) is 4. The van der Waals surface area contributed by atoms with E-state index in [4.69, 9.17) is 43.2 Å². The minimum absolute atomic E-state index is 0.0168. The van der Waals surface area contributed by atoms with Crippen LogP contribution in [0.25, 0.3) is 11.2 Å². The summed E-state index contributed by atoms with van der Waals surface area (Å²) in [6, 6.07) is 7.44. The topological polar surface area (TPSA) is 195 Å². The van der Waals surface area contributed by atoms with Gasteiger partial charge in [-0.2, -0.15) is 4.98 Å². The van der Waals surface area contributed by atoms with E-state index in [1.54, 1.807) is 18.0 Å². The molecule has 2 aromatic heterocycles. The van der Waals surface area contributed by atoms with Gasteiger partial charge in [-0.1, -0.05) is 25.6 Å². The predicted octanol–water partition coefficient (Wildman–Crippen LogP) is 3.54. The molecule has 3 aromatic rings. The van der Waals surface area contributed by atoms with Crippen LogP contribution in [0.1, 0.15) is 26.7 Å². The molecule has 0 amide bonds. The maximum atomic E-state index is 13.6. The summed E-state index contributed by atoms with van der Waals surface area (Å²) < 4.78 is 56.7. The summed E-state index contributed by atoms with van der Waals surface area (Å²) in [5.74, 6) is 0.779. The Labute approximate surface area is 252 Å². The van der Waals surface area contributed by atoms with E-state index in [0.717, 1.165) is 10.6 Å². The normalized spacial score (nSPS) is 14.1. The number of anilines is 1. The lowest BCUT2D eigenvalue weighted by molar-refractivity contribution is -0.255. The van der Waals surface area contributed by atoms with Crippen LogP contribution in [-0.2, 0) is 53.4 Å². The van der Waals surface area contributed by atoms with Gasteiger partial charge in [-0.05, 0) is 37.1 Å². The second-order valence-electron chi connectivity index (χ2n) is 8.42. The highest BCUT2D eigenvalue weighted by Crippen LogP contribution is 2.51. The first-order chi connectivity index (χ1) is 20.8. The molecule has 0 aliphatic rings. The van der Waals surface area contributed by atoms with E-state index in [-0.39, 0.29) is 45.3 Å². The van der Waals surface area contributed by atoms with Crippen molar-refractivity contribution in [3.8, 4) is 5.75 Å². The van der Waals surface area contributed by atoms with Crippen molar-refractivity contribution < 1.29 is 51.6 Å². The molecule has 16 nitrogen and oxygen atoms in total. The predicted molar refractivity (Wildman–Crippen MR) is 152 cm³/mol. The monoisotopic (exact) mass is 643 g/mol. The number of hydrogen-bond donors (Lipinski definition) is 1. The number of imidazole rings is 1. The average Bonchev–Trinajstić information content (AvgIpc) is 3.40. The summed E-state index contributed by atoms with van der Waals surface area (Å²) in [7, 11) is -2.72. The summed E-state index contributed by atoms with van der Waals surface area (Å²) in [5.41, 5.74) is 6.97. The van der Waals surface area contributed by atoms with Crippen molar-refractivity contribution >= 4 is 49.4 Å². The van der Waals surface area contributed by atoms with Crippen LogP contribution in [0.15, 0.2) is 40.5 Å². The lowest BCUT2D eigenvalue weighted by atomic mass is 10.3. The van der Waals surface area contributed by atoms with Crippen LogP contribution in [0.3, 0.4) is 0 Å². The van der Waals surface area contributed by atoms with E-state index >= 15 is 0 Å². The molecule has 3 rings (SSSR count). The molecule has 0 spiro atoms. The Morgan fingerprint density at radius 1 is 0.977 bits per heavy atom. The number of carbonyl (C=O) groups excluding carboxylic acids is 2. The first kappa shape index (κ1) is 34.2. The van der Waals surface area contributed by atoms with Gasteiger partial charge < -0.3 is 38.7 Å². The number of nitrogen functional groups attached to an aromatic ring is 1. The molecule has 0 saturated heterocycles. The van der Waals surface area contributed by atoms with Gasteiger partial charge in [-0.25, -0.2) is 19.0 Å². The van der Waals surface area contributed by atoms with Gasteiger partial charge in [0.25, 0.3) is 12.9 Å². The maximum Gasteiger partial charge on any atom is 0.365 e. The number of benzene rings is 1. The van der Waals surface area contributed by atoms with Gasteiger partial charge in [0.2, 0.25) is 5.95 Å². The van der Waals surface area contributed by atoms with Crippen LogP contribution in [0.2, 0.25) is 0 Å². The van der Waals surface area contributed by atoms with Crippen LogP contribution >= 0.6 is 19.4 Å². The molecule has 1 aromatic carbocycles. The van der Waals surface area contributed by atoms with E-state index in [9.17, 15) is 14.2 Å². The molecule has 2 unspecified atom stereocenters. The number of fused-ring (bicyclic) bond motifs is 1. The summed E-state index contributed by atoms with van der Waals surface area (Å²) in [4.78, 5) is 35.8. The van der Waals surface area contributed by atoms with Gasteiger partial charge in [0.1, 0.15) is 22.6 Å². The van der Waals surface area contributed by atoms with E-state index in [0.29, 0.717) is 29.0 Å². The second-order valence-corrected chi connectivity index (χ2v) is 11.4. The Bertz CT molecular complexity index is 1320. The standard InChI is InChI=1S/C25H34N5O11PS/c1-4-11-36-24(38-15-31)40-42(33,41-25(39-16-32)37-12-5-2)17-35-13-10-30-14-27-20-21(30)28-23(26)29-22(20)43-19-8-6-18(34-3)7-9-19/h6-9,14-16,24-25H,4-5,10-13,17H2,1-3H3,(H2,26,28,29). The molecule has 0 aliphatic carbocycles. The van der Waals surface area contributed by atoms with Crippen molar-refractivity contribution in [3.05, 3.63) is 30.6 Å². The third kappa shape index (κ3) is 10.7. The fourth-order valence-electron chi connectivity index (χ4n) is 3.32. The van der Waals surface area contributed by atoms with Crippen molar-refractivity contribution in [2.45, 2.75) is 56.1 Å². The molecule has 43 heavy (non-hydrogen) atoms. The fraction of sp³-hybridized carbons (Fsp3) is 0.480. The molecule has 0 saturated carbocycles. The van der Waals surface area contributed by atoms with E-state index in [1.807, 2.05) is 38.1 Å². The summed E-state index contributed by atoms with van der Waals surface area (Å²) >= 11 is 1.37. The average molecular weight is 644 g/mol. The number of methoxy groups -OCH3 is 1. The molecule has 18 heteroatoms. The number of carbonyl (C=O) groups is 2. The van der Waals surface area contributed by atoms with Crippen molar-refractivity contribution in [1.29, 1.82) is 0 Å². The molecule has 0 fully saturated rings. The fourth-order valence-corrected chi connectivity index (χ4v) is 5.46. The third-order valence-corrected chi connectivity index (χ3v) is 7.66. The van der Waals surface area contributed by atoms with Crippen molar-refractivity contribution in [3.63, 3.8) is 0 Å². The molecule has 0 aliphatic heterocycles. The SMILES string of the molecule is CCCOC(OC=O)OP(=O)(COCCn1cnc2c(Sc3ccc(OC)cc3)nc(N)nc21)OC(OC=O)OCCC. The van der Waals surface area contributed by atoms with Crippen LogP contribution in [-0.4, -0.2) is 78.7 Å². The van der Waals surface area contributed by atoms with E-state index in [1.165, 1.54) is 11.8 Å². The Morgan fingerprint density at radius 2 is 1.60 bits per heavy atom. The second kappa shape index (κ2) is 17.7. The number of nitrogens with two attached hydrogens (primary N) is 1. The molecular weight excluding hydrogens is 609 g/mol. The highest BCUT2D eigenvalue weighted by atomic mass is 32.2. The summed E-state index contributed by atoms with van der Waals surface area (Å²) in [6.07, 6.45) is 2.00. The first-order valence-corrected chi connectivity index (χ1v) is 15.6. The van der Waals surface area contributed by atoms with E-state index in [2.05, 4.69) is 15.0 Å². The number of rotatable bonds is 22. The molecule has 2 N–H and O–H groups in total. The smallest absolute Gasteiger partial charge is 0.365 e. The first-order valence-electron chi connectivity index (χ1n) is 13.1. The highest BCUT2D eigenvalue weighted by molar-refractivity contribution is 7.99. The summed E-state index contributed by atoms with van der Waals surface area (Å²) in [6.45, 7) is 0.843. The van der Waals surface area contributed by atoms with Crippen molar-refractivity contribution in [1.82, 2.24) is 19.5 Å². The zero-order valence-electron chi connectivity index (χ0n) is 23.9. The quantitative estimate of drug-likeness (QED) is 0.0548. The minimum Gasteiger partial charge on any atom is -0.497 e. The Morgan fingerprint density at radius 3 is 2.16 bits per heavy atom. The molecule has 2 atom stereocenters. The molecule has 236 valence electrons. The summed E-state index contributed by atoms with van der Waals surface area (Å²) in [5, 5.41) is 0.556. The molecule has 0 radical (unpaired) electrons. The molecule has 0 bridgehead atoms. The highest BCUT2D eigenvalue weighted by Gasteiger charge is 2.35. The number of ether oxygens (including phenoxy) is 6. The lowest BCUT2D eigenvalue weighted by Crippen LogP contribution is -2.26. The minimum atomic E-state index is -4.31. The van der Waals surface area contributed by atoms with Gasteiger partial charge in [-0.3, -0.25) is 14.2 Å². The zero-order valence-corrected chi connectivity index (χ0v) is 25.6. The third-order valence-electron chi connectivity index (χ3n) is 5.19. The van der Waals surface area contributed by atoms with Gasteiger partial charge in [0, 0.05) is 11.4 Å².